The lowest BCUT2D eigenvalue weighted by Gasteiger charge is -1.99. The Morgan fingerprint density at radius 3 is 2.85 bits per heavy atom. The molecule has 0 aromatic heterocycles. The highest BCUT2D eigenvalue weighted by Gasteiger charge is 2.24. The molecular weight excluding hydrogens is 255 g/mol. The first-order valence-electron chi connectivity index (χ1n) is 6.00. The second kappa shape index (κ2) is 4.63. The van der Waals surface area contributed by atoms with Gasteiger partial charge in [-0.15, -0.1) is 0 Å². The van der Waals surface area contributed by atoms with Gasteiger partial charge in [0.2, 0.25) is 0 Å². The summed E-state index contributed by atoms with van der Waals surface area (Å²) in [7, 11) is 0. The highest BCUT2D eigenvalue weighted by molar-refractivity contribution is 6.34. The predicted octanol–water partition coefficient (Wildman–Crippen LogP) is 3.19. The number of hydrogen-bond acceptors (Lipinski definition) is 2. The van der Waals surface area contributed by atoms with E-state index < -0.39 is 5.82 Å². The van der Waals surface area contributed by atoms with Crippen LogP contribution in [0, 0.1) is 17.1 Å². The first-order valence-corrected chi connectivity index (χ1v) is 6.00. The molecule has 0 unspecified atom stereocenters. The summed E-state index contributed by atoms with van der Waals surface area (Å²) in [6, 6.07) is 13.1. The largest absolute Gasteiger partial charge is 0.321 e. The SMILES string of the molecule is N#Cc1cccc(C=C2C(=O)Nc3ccc(F)cc32)c1. The van der Waals surface area contributed by atoms with E-state index in [0.29, 0.717) is 22.4 Å². The summed E-state index contributed by atoms with van der Waals surface area (Å²) >= 11 is 0. The number of fused-ring (bicyclic) bond motifs is 1. The van der Waals surface area contributed by atoms with Crippen LogP contribution in [-0.4, -0.2) is 5.91 Å². The number of nitrogens with one attached hydrogen (secondary N) is 1. The quantitative estimate of drug-likeness (QED) is 0.804. The lowest BCUT2D eigenvalue weighted by Crippen LogP contribution is -2.03. The van der Waals surface area contributed by atoms with Gasteiger partial charge in [-0.05, 0) is 42.0 Å². The third-order valence-electron chi connectivity index (χ3n) is 3.09. The molecule has 3 rings (SSSR count). The molecule has 3 nitrogen and oxygen atoms in total. The molecule has 0 saturated carbocycles. The van der Waals surface area contributed by atoms with Crippen LogP contribution in [0.5, 0.6) is 0 Å². The monoisotopic (exact) mass is 264 g/mol. The molecule has 20 heavy (non-hydrogen) atoms. The number of benzene rings is 2. The number of halogens is 1. The minimum absolute atomic E-state index is 0.270. The van der Waals surface area contributed by atoms with Gasteiger partial charge in [-0.2, -0.15) is 5.26 Å². The molecule has 2 aromatic rings. The van der Waals surface area contributed by atoms with E-state index in [1.807, 2.05) is 6.07 Å². The zero-order valence-corrected chi connectivity index (χ0v) is 10.4. The molecule has 0 aliphatic carbocycles. The molecule has 0 fully saturated rings. The first kappa shape index (κ1) is 12.1. The van der Waals surface area contributed by atoms with E-state index in [0.717, 1.165) is 5.56 Å². The van der Waals surface area contributed by atoms with Gasteiger partial charge in [0.1, 0.15) is 5.82 Å². The van der Waals surface area contributed by atoms with Crippen molar-refractivity contribution in [1.82, 2.24) is 0 Å². The molecule has 1 amide bonds. The van der Waals surface area contributed by atoms with E-state index in [1.165, 1.54) is 18.2 Å². The minimum atomic E-state index is -0.392. The lowest BCUT2D eigenvalue weighted by molar-refractivity contribution is -0.110. The average molecular weight is 264 g/mol. The molecular formula is C16H9FN2O. The summed E-state index contributed by atoms with van der Waals surface area (Å²) in [5, 5.41) is 11.6. The van der Waals surface area contributed by atoms with E-state index in [9.17, 15) is 9.18 Å². The van der Waals surface area contributed by atoms with E-state index >= 15 is 0 Å². The second-order valence-corrected chi connectivity index (χ2v) is 4.44. The Hall–Kier alpha value is -2.93. The number of nitrogens with zero attached hydrogens (tertiary/aromatic N) is 1. The Bertz CT molecular complexity index is 787. The van der Waals surface area contributed by atoms with Gasteiger partial charge in [-0.25, -0.2) is 4.39 Å². The molecule has 0 spiro atoms. The highest BCUT2D eigenvalue weighted by Crippen LogP contribution is 2.33. The van der Waals surface area contributed by atoms with Gasteiger partial charge in [-0.1, -0.05) is 12.1 Å². The number of amides is 1. The standard InChI is InChI=1S/C16H9FN2O/c17-12-4-5-15-13(8-12)14(16(20)19-15)7-10-2-1-3-11(6-10)9-18/h1-8H,(H,19,20). The fourth-order valence-corrected chi connectivity index (χ4v) is 2.17. The van der Waals surface area contributed by atoms with Crippen LogP contribution in [0.15, 0.2) is 42.5 Å². The third-order valence-corrected chi connectivity index (χ3v) is 3.09. The zero-order valence-electron chi connectivity index (χ0n) is 10.4. The van der Waals surface area contributed by atoms with Gasteiger partial charge in [-0.3, -0.25) is 4.79 Å². The van der Waals surface area contributed by atoms with Crippen molar-refractivity contribution < 1.29 is 9.18 Å². The number of carbonyl (C=O) groups is 1. The highest BCUT2D eigenvalue weighted by atomic mass is 19.1. The second-order valence-electron chi connectivity index (χ2n) is 4.44. The Balaban J connectivity index is 2.11. The number of anilines is 1. The molecule has 1 N–H and O–H groups in total. The summed E-state index contributed by atoms with van der Waals surface area (Å²) in [5.41, 5.74) is 2.77. The molecule has 1 aliphatic heterocycles. The Morgan fingerprint density at radius 1 is 1.20 bits per heavy atom. The van der Waals surface area contributed by atoms with Crippen molar-refractivity contribution in [3.63, 3.8) is 0 Å². The molecule has 2 aromatic carbocycles. The maximum Gasteiger partial charge on any atom is 0.256 e. The van der Waals surface area contributed by atoms with Crippen molar-refractivity contribution in [2.24, 2.45) is 0 Å². The van der Waals surface area contributed by atoms with Gasteiger partial charge in [0, 0.05) is 16.8 Å². The third kappa shape index (κ3) is 2.06. The Kier molecular flexibility index (Phi) is 2.81. The normalized spacial score (nSPS) is 14.8. The van der Waals surface area contributed by atoms with Crippen LogP contribution >= 0.6 is 0 Å². The summed E-state index contributed by atoms with van der Waals surface area (Å²) in [4.78, 5) is 11.9. The van der Waals surface area contributed by atoms with Crippen LogP contribution in [0.4, 0.5) is 10.1 Å². The molecule has 1 heterocycles. The van der Waals surface area contributed by atoms with Crippen LogP contribution in [0.25, 0.3) is 11.6 Å². The summed E-state index contributed by atoms with van der Waals surface area (Å²) in [5.74, 6) is -0.662. The van der Waals surface area contributed by atoms with Crippen molar-refractivity contribution in [3.05, 3.63) is 65.0 Å². The molecule has 0 bridgehead atoms. The molecule has 0 radical (unpaired) electrons. The fourth-order valence-electron chi connectivity index (χ4n) is 2.17. The van der Waals surface area contributed by atoms with Crippen molar-refractivity contribution in [1.29, 1.82) is 5.26 Å². The minimum Gasteiger partial charge on any atom is -0.321 e. The Morgan fingerprint density at radius 2 is 2.05 bits per heavy atom. The van der Waals surface area contributed by atoms with Crippen LogP contribution in [-0.2, 0) is 4.79 Å². The van der Waals surface area contributed by atoms with Crippen LogP contribution in [0.3, 0.4) is 0 Å². The number of nitriles is 1. The summed E-state index contributed by atoms with van der Waals surface area (Å²) in [6.07, 6.45) is 1.65. The smallest absolute Gasteiger partial charge is 0.256 e. The maximum atomic E-state index is 13.3. The van der Waals surface area contributed by atoms with Crippen molar-refractivity contribution in [3.8, 4) is 6.07 Å². The molecule has 1 aliphatic rings. The van der Waals surface area contributed by atoms with Gasteiger partial charge < -0.3 is 5.32 Å². The number of carbonyl (C=O) groups excluding carboxylic acids is 1. The van der Waals surface area contributed by atoms with Gasteiger partial charge in [0.15, 0.2) is 0 Å². The van der Waals surface area contributed by atoms with Crippen LogP contribution in [0.1, 0.15) is 16.7 Å². The van der Waals surface area contributed by atoms with Crippen molar-refractivity contribution >= 4 is 23.2 Å². The van der Waals surface area contributed by atoms with Crippen molar-refractivity contribution in [2.45, 2.75) is 0 Å². The maximum absolute atomic E-state index is 13.3. The number of rotatable bonds is 1. The van der Waals surface area contributed by atoms with Crippen molar-refractivity contribution in [2.75, 3.05) is 5.32 Å². The summed E-state index contributed by atoms with van der Waals surface area (Å²) < 4.78 is 13.3. The van der Waals surface area contributed by atoms with Crippen LogP contribution in [0.2, 0.25) is 0 Å². The fraction of sp³-hybridized carbons (Fsp3) is 0. The predicted molar refractivity (Wildman–Crippen MR) is 74.1 cm³/mol. The van der Waals surface area contributed by atoms with E-state index in [4.69, 9.17) is 5.26 Å². The zero-order chi connectivity index (χ0) is 14.1. The van der Waals surface area contributed by atoms with E-state index in [1.54, 1.807) is 30.3 Å². The number of hydrogen-bond donors (Lipinski definition) is 1. The molecule has 0 saturated heterocycles. The van der Waals surface area contributed by atoms with E-state index in [-0.39, 0.29) is 5.91 Å². The molecule has 4 heteroatoms. The first-order chi connectivity index (χ1) is 9.67. The van der Waals surface area contributed by atoms with Crippen LogP contribution < -0.4 is 5.32 Å². The Labute approximate surface area is 115 Å². The summed E-state index contributed by atoms with van der Waals surface area (Å²) in [6.45, 7) is 0. The topological polar surface area (TPSA) is 52.9 Å². The molecule has 0 atom stereocenters. The van der Waals surface area contributed by atoms with Gasteiger partial charge >= 0.3 is 0 Å². The average Bonchev–Trinajstić information content (AvgIpc) is 2.75. The van der Waals surface area contributed by atoms with E-state index in [2.05, 4.69) is 5.32 Å². The lowest BCUT2D eigenvalue weighted by atomic mass is 10.0. The molecule has 96 valence electrons. The van der Waals surface area contributed by atoms with Gasteiger partial charge in [0.05, 0.1) is 11.6 Å². The van der Waals surface area contributed by atoms with Gasteiger partial charge in [0.25, 0.3) is 5.91 Å².